The number of hydrogen-bond donors (Lipinski definition) is 0. The van der Waals surface area contributed by atoms with E-state index in [0.717, 1.165) is 0 Å². The molecule has 1 heterocycles. The molecule has 1 atom stereocenters. The van der Waals surface area contributed by atoms with Crippen LogP contribution in [0, 0.1) is 6.92 Å². The second kappa shape index (κ2) is 3.24. The molecule has 1 unspecified atom stereocenters. The van der Waals surface area contributed by atoms with Gasteiger partial charge in [0.05, 0.1) is 0 Å². The summed E-state index contributed by atoms with van der Waals surface area (Å²) in [5.41, 5.74) is 4.28. The van der Waals surface area contributed by atoms with E-state index in [-0.39, 0.29) is 0 Å². The van der Waals surface area contributed by atoms with Crippen LogP contribution in [0.1, 0.15) is 34.3 Å². The Morgan fingerprint density at radius 3 is 3.17 bits per heavy atom. The van der Waals surface area contributed by atoms with Crippen LogP contribution >= 0.6 is 0 Å². The SMILES string of the molecule is [Li][CH]1CCCc2c(C)ccnc21. The van der Waals surface area contributed by atoms with Gasteiger partial charge in [0.25, 0.3) is 0 Å². The van der Waals surface area contributed by atoms with Gasteiger partial charge >= 0.3 is 82.6 Å². The van der Waals surface area contributed by atoms with Crippen LogP contribution < -0.4 is 0 Å². The predicted molar refractivity (Wildman–Crippen MR) is 50.4 cm³/mol. The Hall–Kier alpha value is -0.253. The molecule has 1 nitrogen and oxygen atoms in total. The molecule has 1 aromatic heterocycles. The first-order valence-corrected chi connectivity index (χ1v) is 4.73. The van der Waals surface area contributed by atoms with Gasteiger partial charge in [-0.2, -0.15) is 0 Å². The standard InChI is InChI=1S/C10H12N.Li/c1-8-6-7-11-10-5-3-2-4-9(8)10;/h5-7H,2-4H2,1H3;. The summed E-state index contributed by atoms with van der Waals surface area (Å²) in [5.74, 6) is 0. The minimum atomic E-state index is 0.675. The van der Waals surface area contributed by atoms with Crippen molar-refractivity contribution < 1.29 is 0 Å². The van der Waals surface area contributed by atoms with Crippen molar-refractivity contribution in [3.05, 3.63) is 29.1 Å². The molecule has 0 saturated heterocycles. The van der Waals surface area contributed by atoms with Gasteiger partial charge in [-0.15, -0.1) is 0 Å². The Balaban J connectivity index is 2.52. The molecular formula is C10H12LiN. The zero-order valence-electron chi connectivity index (χ0n) is 7.80. The Bertz CT molecular complexity index is 296. The van der Waals surface area contributed by atoms with Crippen LogP contribution in [-0.2, 0) is 6.42 Å². The molecule has 1 aliphatic rings. The fraction of sp³-hybridized carbons (Fsp3) is 0.500. The number of aromatic nitrogens is 1. The van der Waals surface area contributed by atoms with Crippen molar-refractivity contribution in [2.24, 2.45) is 0 Å². The maximum absolute atomic E-state index is 4.46. The molecule has 0 spiro atoms. The van der Waals surface area contributed by atoms with Crippen LogP contribution in [0.5, 0.6) is 0 Å². The number of pyridine rings is 1. The van der Waals surface area contributed by atoms with Crippen LogP contribution in [0.3, 0.4) is 0 Å². The molecule has 12 heavy (non-hydrogen) atoms. The third kappa shape index (κ3) is 1.32. The van der Waals surface area contributed by atoms with Gasteiger partial charge in [-0.25, -0.2) is 0 Å². The zero-order valence-corrected chi connectivity index (χ0v) is 7.80. The molecular weight excluding hydrogens is 141 g/mol. The molecule has 2 rings (SSSR count). The van der Waals surface area contributed by atoms with Gasteiger partial charge in [-0.1, -0.05) is 0 Å². The molecule has 1 aromatic rings. The van der Waals surface area contributed by atoms with Gasteiger partial charge in [0.2, 0.25) is 0 Å². The summed E-state index contributed by atoms with van der Waals surface area (Å²) < 4.78 is 0.675. The topological polar surface area (TPSA) is 12.9 Å². The summed E-state index contributed by atoms with van der Waals surface area (Å²) in [6.07, 6.45) is 5.82. The number of hydrogen-bond acceptors (Lipinski definition) is 1. The van der Waals surface area contributed by atoms with Crippen LogP contribution in [-0.4, -0.2) is 22.7 Å². The third-order valence-corrected chi connectivity index (χ3v) is 2.85. The normalized spacial score (nSPS) is 22.1. The van der Waals surface area contributed by atoms with E-state index >= 15 is 0 Å². The quantitative estimate of drug-likeness (QED) is 0.519. The maximum atomic E-state index is 4.46. The van der Waals surface area contributed by atoms with Gasteiger partial charge < -0.3 is 0 Å². The van der Waals surface area contributed by atoms with E-state index in [9.17, 15) is 0 Å². The number of nitrogens with zero attached hydrogens (tertiary/aromatic N) is 1. The van der Waals surface area contributed by atoms with E-state index in [1.807, 2.05) is 6.20 Å². The van der Waals surface area contributed by atoms with Crippen molar-refractivity contribution in [1.29, 1.82) is 0 Å². The Kier molecular flexibility index (Phi) is 2.26. The second-order valence-electron chi connectivity index (χ2n) is 3.78. The summed E-state index contributed by atoms with van der Waals surface area (Å²) >= 11 is 2.28. The van der Waals surface area contributed by atoms with E-state index in [4.69, 9.17) is 0 Å². The monoisotopic (exact) mass is 153 g/mol. The molecule has 2 heteroatoms. The summed E-state index contributed by atoms with van der Waals surface area (Å²) in [6, 6.07) is 2.12. The van der Waals surface area contributed by atoms with Crippen LogP contribution in [0.4, 0.5) is 0 Å². The van der Waals surface area contributed by atoms with Crippen molar-refractivity contribution in [1.82, 2.24) is 4.98 Å². The predicted octanol–water partition coefficient (Wildman–Crippen LogP) is 1.94. The Labute approximate surface area is 82.8 Å². The van der Waals surface area contributed by atoms with Crippen LogP contribution in [0.2, 0.25) is 0 Å². The van der Waals surface area contributed by atoms with E-state index in [1.165, 1.54) is 36.1 Å². The fourth-order valence-corrected chi connectivity index (χ4v) is 2.08. The summed E-state index contributed by atoms with van der Waals surface area (Å²) in [5, 5.41) is 0. The molecule has 1 aliphatic carbocycles. The molecule has 58 valence electrons. The molecule has 0 aromatic carbocycles. The Morgan fingerprint density at radius 1 is 1.58 bits per heavy atom. The molecule has 0 amide bonds. The molecule has 0 bridgehead atoms. The molecule has 0 N–H and O–H groups in total. The van der Waals surface area contributed by atoms with Crippen molar-refractivity contribution in [3.8, 4) is 0 Å². The van der Waals surface area contributed by atoms with Gasteiger partial charge in [0.1, 0.15) is 0 Å². The molecule has 0 saturated carbocycles. The Morgan fingerprint density at radius 2 is 2.42 bits per heavy atom. The summed E-state index contributed by atoms with van der Waals surface area (Å²) in [6.45, 7) is 2.19. The van der Waals surface area contributed by atoms with Crippen molar-refractivity contribution >= 4 is 17.7 Å². The summed E-state index contributed by atoms with van der Waals surface area (Å²) in [4.78, 5) is 4.46. The first kappa shape index (κ1) is 8.35. The van der Waals surface area contributed by atoms with Crippen molar-refractivity contribution in [2.45, 2.75) is 30.8 Å². The summed E-state index contributed by atoms with van der Waals surface area (Å²) in [7, 11) is 0. The molecule has 0 aliphatic heterocycles. The van der Waals surface area contributed by atoms with E-state index in [1.54, 1.807) is 0 Å². The average molecular weight is 153 g/mol. The van der Waals surface area contributed by atoms with Gasteiger partial charge in [-0.05, 0) is 0 Å². The van der Waals surface area contributed by atoms with E-state index in [2.05, 4.69) is 35.7 Å². The van der Waals surface area contributed by atoms with Gasteiger partial charge in [-0.3, -0.25) is 0 Å². The van der Waals surface area contributed by atoms with Crippen molar-refractivity contribution in [3.63, 3.8) is 0 Å². The third-order valence-electron chi connectivity index (χ3n) is 2.85. The molecule has 0 fully saturated rings. The number of fused-ring (bicyclic) bond motifs is 1. The first-order chi connectivity index (χ1) is 5.79. The van der Waals surface area contributed by atoms with Gasteiger partial charge in [0, 0.05) is 0 Å². The number of rotatable bonds is 0. The van der Waals surface area contributed by atoms with E-state index < -0.39 is 0 Å². The minimum absolute atomic E-state index is 0.675. The number of aryl methyl sites for hydroxylation is 1. The molecule has 0 radical (unpaired) electrons. The first-order valence-electron chi connectivity index (χ1n) is 4.73. The van der Waals surface area contributed by atoms with E-state index in [0.29, 0.717) is 4.59 Å². The fourth-order valence-electron chi connectivity index (χ4n) is 2.08. The van der Waals surface area contributed by atoms with Gasteiger partial charge in [0.15, 0.2) is 0 Å². The second-order valence-corrected chi connectivity index (χ2v) is 3.78. The zero-order chi connectivity index (χ0) is 8.55. The average Bonchev–Trinajstić information content (AvgIpc) is 2.07. The van der Waals surface area contributed by atoms with Crippen LogP contribution in [0.25, 0.3) is 0 Å². The van der Waals surface area contributed by atoms with Crippen molar-refractivity contribution in [2.75, 3.05) is 0 Å². The van der Waals surface area contributed by atoms with Crippen LogP contribution in [0.15, 0.2) is 12.3 Å².